The molecule has 2 heterocycles. The van der Waals surface area contributed by atoms with Crippen LogP contribution in [0.2, 0.25) is 0 Å². The Balaban J connectivity index is 2.33. The Labute approximate surface area is 87.0 Å². The molecule has 4 nitrogen and oxygen atoms in total. The van der Waals surface area contributed by atoms with Gasteiger partial charge in [0, 0.05) is 30.4 Å². The Bertz CT molecular complexity index is 465. The lowest BCUT2D eigenvalue weighted by Gasteiger charge is -1.98. The lowest BCUT2D eigenvalue weighted by Crippen LogP contribution is -2.06. The van der Waals surface area contributed by atoms with Crippen molar-refractivity contribution in [1.82, 2.24) is 15.0 Å². The van der Waals surface area contributed by atoms with Gasteiger partial charge in [0.15, 0.2) is 0 Å². The first-order chi connectivity index (χ1) is 7.27. The standard InChI is InChI=1S/C11H9N3O/c1-8-5-13-11(14-6-8)10(15)9-3-2-4-12-7-9/h2-7H,1H3. The second kappa shape index (κ2) is 3.96. The zero-order valence-electron chi connectivity index (χ0n) is 8.21. The molecule has 0 fully saturated rings. The minimum atomic E-state index is -0.205. The lowest BCUT2D eigenvalue weighted by atomic mass is 10.2. The predicted octanol–water partition coefficient (Wildman–Crippen LogP) is 1.41. The largest absolute Gasteiger partial charge is 0.285 e. The van der Waals surface area contributed by atoms with Gasteiger partial charge in [0.05, 0.1) is 0 Å². The molecule has 2 aromatic rings. The molecule has 0 N–H and O–H groups in total. The second-order valence-electron chi connectivity index (χ2n) is 3.15. The molecule has 74 valence electrons. The van der Waals surface area contributed by atoms with Gasteiger partial charge in [-0.3, -0.25) is 9.78 Å². The summed E-state index contributed by atoms with van der Waals surface area (Å²) in [5.74, 6) is -0.00306. The summed E-state index contributed by atoms with van der Waals surface area (Å²) >= 11 is 0. The van der Waals surface area contributed by atoms with Crippen LogP contribution in [-0.4, -0.2) is 20.7 Å². The molecule has 0 aliphatic carbocycles. The highest BCUT2D eigenvalue weighted by Gasteiger charge is 2.11. The maximum absolute atomic E-state index is 11.8. The number of carbonyl (C=O) groups excluding carboxylic acids is 1. The van der Waals surface area contributed by atoms with Gasteiger partial charge in [-0.05, 0) is 24.6 Å². The Hall–Kier alpha value is -2.10. The predicted molar refractivity (Wildman–Crippen MR) is 54.4 cm³/mol. The monoisotopic (exact) mass is 199 g/mol. The number of rotatable bonds is 2. The molecule has 0 radical (unpaired) electrons. The molecule has 15 heavy (non-hydrogen) atoms. The van der Waals surface area contributed by atoms with Crippen LogP contribution >= 0.6 is 0 Å². The summed E-state index contributed by atoms with van der Waals surface area (Å²) < 4.78 is 0. The van der Waals surface area contributed by atoms with E-state index < -0.39 is 0 Å². The molecule has 4 heteroatoms. The number of aryl methyl sites for hydroxylation is 1. The van der Waals surface area contributed by atoms with Crippen LogP contribution in [0.1, 0.15) is 21.7 Å². The molecule has 0 aliphatic heterocycles. The highest BCUT2D eigenvalue weighted by molar-refractivity contribution is 6.06. The first kappa shape index (κ1) is 9.45. The fourth-order valence-electron chi connectivity index (χ4n) is 1.14. The van der Waals surface area contributed by atoms with Crippen LogP contribution in [0, 0.1) is 6.92 Å². The molecule has 0 saturated carbocycles. The van der Waals surface area contributed by atoms with Crippen molar-refractivity contribution < 1.29 is 4.79 Å². The van der Waals surface area contributed by atoms with Crippen molar-refractivity contribution in [2.45, 2.75) is 6.92 Å². The van der Waals surface area contributed by atoms with Gasteiger partial charge in [-0.25, -0.2) is 9.97 Å². The molecule has 2 aromatic heterocycles. The molecule has 0 atom stereocenters. The number of ketones is 1. The van der Waals surface area contributed by atoms with Crippen LogP contribution in [0.3, 0.4) is 0 Å². The van der Waals surface area contributed by atoms with E-state index >= 15 is 0 Å². The minimum absolute atomic E-state index is 0.202. The van der Waals surface area contributed by atoms with E-state index in [0.717, 1.165) is 5.56 Å². The first-order valence-electron chi connectivity index (χ1n) is 4.51. The molecular weight excluding hydrogens is 190 g/mol. The third-order valence-corrected chi connectivity index (χ3v) is 1.91. The van der Waals surface area contributed by atoms with Gasteiger partial charge in [0.25, 0.3) is 0 Å². The van der Waals surface area contributed by atoms with Crippen LogP contribution in [-0.2, 0) is 0 Å². The Morgan fingerprint density at radius 2 is 1.93 bits per heavy atom. The van der Waals surface area contributed by atoms with E-state index in [1.54, 1.807) is 30.7 Å². The summed E-state index contributed by atoms with van der Waals surface area (Å²) in [6, 6.07) is 3.40. The molecular formula is C11H9N3O. The minimum Gasteiger partial charge on any atom is -0.285 e. The van der Waals surface area contributed by atoms with Gasteiger partial charge in [-0.15, -0.1) is 0 Å². The zero-order chi connectivity index (χ0) is 10.7. The number of hydrogen-bond acceptors (Lipinski definition) is 4. The van der Waals surface area contributed by atoms with E-state index in [1.807, 2.05) is 6.92 Å². The lowest BCUT2D eigenvalue weighted by molar-refractivity contribution is 0.102. The average molecular weight is 199 g/mol. The van der Waals surface area contributed by atoms with E-state index in [4.69, 9.17) is 0 Å². The van der Waals surface area contributed by atoms with E-state index in [1.165, 1.54) is 6.20 Å². The van der Waals surface area contributed by atoms with E-state index in [0.29, 0.717) is 5.56 Å². The summed E-state index contributed by atoms with van der Waals surface area (Å²) in [6.45, 7) is 1.87. The van der Waals surface area contributed by atoms with Gasteiger partial charge in [0.2, 0.25) is 11.6 Å². The Kier molecular flexibility index (Phi) is 2.49. The number of pyridine rings is 1. The van der Waals surface area contributed by atoms with Crippen molar-refractivity contribution in [3.63, 3.8) is 0 Å². The molecule has 0 aliphatic rings. The maximum atomic E-state index is 11.8. The van der Waals surface area contributed by atoms with Crippen molar-refractivity contribution in [2.75, 3.05) is 0 Å². The van der Waals surface area contributed by atoms with Gasteiger partial charge in [0.1, 0.15) is 0 Å². The van der Waals surface area contributed by atoms with Crippen molar-refractivity contribution in [2.24, 2.45) is 0 Å². The highest BCUT2D eigenvalue weighted by Crippen LogP contribution is 2.03. The third-order valence-electron chi connectivity index (χ3n) is 1.91. The second-order valence-corrected chi connectivity index (χ2v) is 3.15. The molecule has 0 spiro atoms. The number of aromatic nitrogens is 3. The molecule has 0 unspecified atom stereocenters. The van der Waals surface area contributed by atoms with Crippen LogP contribution in [0.5, 0.6) is 0 Å². The topological polar surface area (TPSA) is 55.7 Å². The molecule has 0 aromatic carbocycles. The van der Waals surface area contributed by atoms with Crippen LogP contribution in [0.25, 0.3) is 0 Å². The van der Waals surface area contributed by atoms with Crippen LogP contribution < -0.4 is 0 Å². The zero-order valence-corrected chi connectivity index (χ0v) is 8.21. The highest BCUT2D eigenvalue weighted by atomic mass is 16.1. The van der Waals surface area contributed by atoms with E-state index in [2.05, 4.69) is 15.0 Å². The van der Waals surface area contributed by atoms with Crippen molar-refractivity contribution >= 4 is 5.78 Å². The number of carbonyl (C=O) groups is 1. The molecule has 2 rings (SSSR count). The number of hydrogen-bond donors (Lipinski definition) is 0. The summed E-state index contributed by atoms with van der Waals surface area (Å²) in [5.41, 5.74) is 1.43. The summed E-state index contributed by atoms with van der Waals surface area (Å²) in [6.07, 6.45) is 6.37. The number of nitrogens with zero attached hydrogens (tertiary/aromatic N) is 3. The summed E-state index contributed by atoms with van der Waals surface area (Å²) in [5, 5.41) is 0. The maximum Gasteiger partial charge on any atom is 0.231 e. The van der Waals surface area contributed by atoms with Crippen molar-refractivity contribution in [3.05, 3.63) is 53.9 Å². The fourth-order valence-corrected chi connectivity index (χ4v) is 1.14. The molecule has 0 saturated heterocycles. The van der Waals surface area contributed by atoms with Gasteiger partial charge < -0.3 is 0 Å². The van der Waals surface area contributed by atoms with Crippen LogP contribution in [0.15, 0.2) is 36.9 Å². The Morgan fingerprint density at radius 3 is 2.53 bits per heavy atom. The van der Waals surface area contributed by atoms with Gasteiger partial charge in [-0.2, -0.15) is 0 Å². The average Bonchev–Trinajstić information content (AvgIpc) is 2.30. The molecule has 0 bridgehead atoms. The summed E-state index contributed by atoms with van der Waals surface area (Å²) in [4.78, 5) is 23.6. The van der Waals surface area contributed by atoms with Crippen molar-refractivity contribution in [3.8, 4) is 0 Å². The van der Waals surface area contributed by atoms with Gasteiger partial charge in [-0.1, -0.05) is 0 Å². The molecule has 0 amide bonds. The van der Waals surface area contributed by atoms with Crippen LogP contribution in [0.4, 0.5) is 0 Å². The third kappa shape index (κ3) is 2.04. The first-order valence-corrected chi connectivity index (χ1v) is 4.51. The SMILES string of the molecule is Cc1cnc(C(=O)c2cccnc2)nc1. The van der Waals surface area contributed by atoms with E-state index in [9.17, 15) is 4.79 Å². The Morgan fingerprint density at radius 1 is 1.20 bits per heavy atom. The summed E-state index contributed by atoms with van der Waals surface area (Å²) in [7, 11) is 0. The smallest absolute Gasteiger partial charge is 0.231 e. The normalized spacial score (nSPS) is 9.93. The van der Waals surface area contributed by atoms with E-state index in [-0.39, 0.29) is 11.6 Å². The van der Waals surface area contributed by atoms with Gasteiger partial charge >= 0.3 is 0 Å². The van der Waals surface area contributed by atoms with Crippen molar-refractivity contribution in [1.29, 1.82) is 0 Å². The quantitative estimate of drug-likeness (QED) is 0.686. The fraction of sp³-hybridized carbons (Fsp3) is 0.0909.